The summed E-state index contributed by atoms with van der Waals surface area (Å²) in [4.78, 5) is 0. The van der Waals surface area contributed by atoms with Crippen molar-refractivity contribution in [3.63, 3.8) is 0 Å². The predicted octanol–water partition coefficient (Wildman–Crippen LogP) is 11.6. The Morgan fingerprint density at radius 3 is 1.72 bits per heavy atom. The average Bonchev–Trinajstić information content (AvgIpc) is 2.99. The van der Waals surface area contributed by atoms with E-state index in [0.29, 0.717) is 22.3 Å². The fourth-order valence-corrected chi connectivity index (χ4v) is 4.99. The van der Waals surface area contributed by atoms with Crippen molar-refractivity contribution in [2.24, 2.45) is 0 Å². The molecule has 1 nitrogen and oxygen atoms in total. The molecule has 0 atom stereocenters. The summed E-state index contributed by atoms with van der Waals surface area (Å²) < 4.78 is 78.6. The number of hydrogen-bond acceptors (Lipinski definition) is 1. The minimum Gasteiger partial charge on any atom is -0.429 e. The molecule has 0 N–H and O–H groups in total. The molecular weight excluding hydrogens is 579 g/mol. The van der Waals surface area contributed by atoms with E-state index in [-0.39, 0.29) is 27.5 Å². The van der Waals surface area contributed by atoms with Gasteiger partial charge in [0, 0.05) is 11.1 Å². The number of rotatable bonds is 10. The van der Waals surface area contributed by atoms with Gasteiger partial charge in [-0.15, -0.1) is 0 Å². The quantitative estimate of drug-likeness (QED) is 0.113. The van der Waals surface area contributed by atoms with Gasteiger partial charge in [-0.25, -0.2) is 13.2 Å². The summed E-state index contributed by atoms with van der Waals surface area (Å²) in [5, 5.41) is -0.0679. The van der Waals surface area contributed by atoms with Crippen LogP contribution in [0.4, 0.5) is 22.0 Å². The Balaban J connectivity index is 1.28. The zero-order valence-electron chi connectivity index (χ0n) is 23.3. The van der Waals surface area contributed by atoms with Gasteiger partial charge in [0.05, 0.1) is 10.6 Å². The minimum atomic E-state index is -3.52. The second kappa shape index (κ2) is 13.0. The van der Waals surface area contributed by atoms with Crippen LogP contribution in [0.2, 0.25) is 5.02 Å². The van der Waals surface area contributed by atoms with Crippen LogP contribution in [0.15, 0.2) is 103 Å². The van der Waals surface area contributed by atoms with Gasteiger partial charge in [-0.1, -0.05) is 86.0 Å². The number of alkyl halides is 2. The Bertz CT molecular complexity index is 1720. The van der Waals surface area contributed by atoms with Gasteiger partial charge in [-0.05, 0) is 89.2 Å². The highest BCUT2D eigenvalue weighted by molar-refractivity contribution is 6.30. The molecule has 0 saturated heterocycles. The minimum absolute atomic E-state index is 0.0333. The van der Waals surface area contributed by atoms with E-state index in [2.05, 4.69) is 6.92 Å². The third kappa shape index (κ3) is 7.08. The van der Waals surface area contributed by atoms with Crippen LogP contribution in [0.1, 0.15) is 37.3 Å². The first-order valence-electron chi connectivity index (χ1n) is 14.0. The summed E-state index contributed by atoms with van der Waals surface area (Å²) in [7, 11) is 0. The van der Waals surface area contributed by atoms with Crippen molar-refractivity contribution in [2.75, 3.05) is 0 Å². The topological polar surface area (TPSA) is 9.23 Å². The maximum absolute atomic E-state index is 15.2. The summed E-state index contributed by atoms with van der Waals surface area (Å²) in [5.74, 6) is -1.93. The highest BCUT2D eigenvalue weighted by Gasteiger charge is 2.34. The first kappa shape index (κ1) is 30.3. The molecule has 5 aromatic carbocycles. The molecular formula is C36H28ClF5O. The molecule has 5 rings (SSSR count). The van der Waals surface area contributed by atoms with Gasteiger partial charge < -0.3 is 4.74 Å². The number of ether oxygens (including phenoxy) is 1. The molecule has 0 bridgehead atoms. The van der Waals surface area contributed by atoms with E-state index >= 15 is 4.39 Å². The van der Waals surface area contributed by atoms with Crippen LogP contribution >= 0.6 is 11.6 Å². The first-order valence-corrected chi connectivity index (χ1v) is 14.3. The fourth-order valence-electron chi connectivity index (χ4n) is 4.88. The van der Waals surface area contributed by atoms with Gasteiger partial charge in [0.25, 0.3) is 0 Å². The number of unbranched alkanes of at least 4 members (excludes halogenated alkanes) is 2. The van der Waals surface area contributed by atoms with Crippen LogP contribution in [-0.4, -0.2) is 0 Å². The highest BCUT2D eigenvalue weighted by Crippen LogP contribution is 2.35. The smallest absolute Gasteiger partial charge is 0.426 e. The van der Waals surface area contributed by atoms with Crippen LogP contribution < -0.4 is 4.74 Å². The molecule has 0 aliphatic rings. The SMILES string of the molecule is CCCCCc1ccc(C(F)(F)Oc2ccc(-c3ccc(-c4ccc(-c5ccc(Cl)c(F)c5)c(F)c4)c(F)c3)cc2)cc1. The van der Waals surface area contributed by atoms with Crippen molar-refractivity contribution in [1.82, 2.24) is 0 Å². The lowest BCUT2D eigenvalue weighted by atomic mass is 9.97. The molecule has 0 spiro atoms. The monoisotopic (exact) mass is 606 g/mol. The molecule has 7 heteroatoms. The predicted molar refractivity (Wildman–Crippen MR) is 162 cm³/mol. The summed E-state index contributed by atoms with van der Waals surface area (Å²) in [6.07, 6.45) is 0.526. The molecule has 0 fully saturated rings. The van der Waals surface area contributed by atoms with Gasteiger partial charge in [-0.2, -0.15) is 8.78 Å². The van der Waals surface area contributed by atoms with E-state index in [4.69, 9.17) is 16.3 Å². The molecule has 0 unspecified atom stereocenters. The third-order valence-corrected chi connectivity index (χ3v) is 7.58. The fraction of sp³-hybridized carbons (Fsp3) is 0.167. The number of benzene rings is 5. The van der Waals surface area contributed by atoms with Crippen molar-refractivity contribution in [3.8, 4) is 39.1 Å². The molecule has 0 radical (unpaired) electrons. The van der Waals surface area contributed by atoms with Crippen LogP contribution in [0, 0.1) is 17.5 Å². The van der Waals surface area contributed by atoms with E-state index in [0.717, 1.165) is 37.3 Å². The van der Waals surface area contributed by atoms with Crippen molar-refractivity contribution in [2.45, 2.75) is 38.7 Å². The Labute approximate surface area is 252 Å². The molecule has 220 valence electrons. The maximum Gasteiger partial charge on any atom is 0.426 e. The molecule has 0 heterocycles. The first-order chi connectivity index (χ1) is 20.6. The lowest BCUT2D eigenvalue weighted by Crippen LogP contribution is -2.21. The lowest BCUT2D eigenvalue weighted by Gasteiger charge is -2.19. The largest absolute Gasteiger partial charge is 0.429 e. The van der Waals surface area contributed by atoms with Crippen LogP contribution in [0.5, 0.6) is 5.75 Å². The van der Waals surface area contributed by atoms with Gasteiger partial charge in [0.2, 0.25) is 0 Å². The molecule has 0 saturated carbocycles. The van der Waals surface area contributed by atoms with Gasteiger partial charge in [-0.3, -0.25) is 0 Å². The van der Waals surface area contributed by atoms with Crippen molar-refractivity contribution >= 4 is 11.6 Å². The Morgan fingerprint density at radius 2 is 1.14 bits per heavy atom. The number of aryl methyl sites for hydroxylation is 1. The van der Waals surface area contributed by atoms with E-state index in [1.807, 2.05) is 0 Å². The van der Waals surface area contributed by atoms with Gasteiger partial charge in [0.15, 0.2) is 0 Å². The molecule has 0 aliphatic heterocycles. The summed E-state index contributed by atoms with van der Waals surface area (Å²) in [6, 6.07) is 24.8. The number of halogens is 6. The Morgan fingerprint density at radius 1 is 0.605 bits per heavy atom. The Kier molecular flexibility index (Phi) is 9.16. The van der Waals surface area contributed by atoms with Gasteiger partial charge in [0.1, 0.15) is 23.2 Å². The van der Waals surface area contributed by atoms with Crippen LogP contribution in [0.25, 0.3) is 33.4 Å². The zero-order chi connectivity index (χ0) is 30.6. The lowest BCUT2D eigenvalue weighted by molar-refractivity contribution is -0.185. The van der Waals surface area contributed by atoms with Crippen molar-refractivity contribution < 1.29 is 26.7 Å². The molecule has 0 aromatic heterocycles. The van der Waals surface area contributed by atoms with Crippen LogP contribution in [-0.2, 0) is 12.5 Å². The van der Waals surface area contributed by atoms with E-state index in [1.165, 1.54) is 60.7 Å². The molecule has 5 aromatic rings. The normalized spacial score (nSPS) is 11.5. The molecule has 0 aliphatic carbocycles. The molecule has 0 amide bonds. The van der Waals surface area contributed by atoms with E-state index in [1.54, 1.807) is 36.4 Å². The number of hydrogen-bond donors (Lipinski definition) is 0. The van der Waals surface area contributed by atoms with Crippen molar-refractivity contribution in [1.29, 1.82) is 0 Å². The second-order valence-electron chi connectivity index (χ2n) is 10.3. The van der Waals surface area contributed by atoms with E-state index < -0.39 is 23.6 Å². The summed E-state index contributed by atoms with van der Waals surface area (Å²) in [6.45, 7) is 2.11. The Hall–Kier alpha value is -4.16. The molecule has 43 heavy (non-hydrogen) atoms. The van der Waals surface area contributed by atoms with Gasteiger partial charge >= 0.3 is 6.11 Å². The second-order valence-corrected chi connectivity index (χ2v) is 10.7. The summed E-state index contributed by atoms with van der Waals surface area (Å²) in [5.41, 5.74) is 2.81. The average molecular weight is 607 g/mol. The summed E-state index contributed by atoms with van der Waals surface area (Å²) >= 11 is 5.72. The third-order valence-electron chi connectivity index (χ3n) is 7.27. The van der Waals surface area contributed by atoms with Crippen LogP contribution in [0.3, 0.4) is 0 Å². The zero-order valence-corrected chi connectivity index (χ0v) is 24.1. The standard InChI is InChI=1S/C36H28ClF5O/c1-2-3-4-5-23-6-13-28(14-7-23)36(41,42)43-29-15-8-24(9-16-29)25-10-17-30(33(38)20-25)26-11-18-31(34(39)21-26)27-12-19-32(37)35(40)22-27/h6-22H,2-5H2,1H3. The highest BCUT2D eigenvalue weighted by atomic mass is 35.5. The maximum atomic E-state index is 15.2. The van der Waals surface area contributed by atoms with E-state index in [9.17, 15) is 17.6 Å². The van der Waals surface area contributed by atoms with Crippen molar-refractivity contribution in [3.05, 3.63) is 137 Å².